The minimum absolute atomic E-state index is 0.103. The number of carbonyl (C=O) groups excluding carboxylic acids is 2. The number of piperidine rings is 1. The molecule has 3 aliphatic rings. The first-order valence-corrected chi connectivity index (χ1v) is 6.77. The summed E-state index contributed by atoms with van der Waals surface area (Å²) in [6, 6.07) is 8.11. The summed E-state index contributed by atoms with van der Waals surface area (Å²) in [6.45, 7) is 0. The molecule has 0 spiro atoms. The molecule has 1 aliphatic heterocycles. The van der Waals surface area contributed by atoms with E-state index in [0.717, 1.165) is 16.7 Å². The second kappa shape index (κ2) is 4.04. The number of fused-ring (bicyclic) bond motifs is 1. The summed E-state index contributed by atoms with van der Waals surface area (Å²) in [4.78, 5) is 24.2. The number of hydrogen-bond donors (Lipinski definition) is 1. The average molecular weight is 263 g/mol. The third-order valence-corrected chi connectivity index (χ3v) is 4.31. The molecule has 1 saturated heterocycles. The van der Waals surface area contributed by atoms with Crippen molar-refractivity contribution in [1.82, 2.24) is 5.32 Å². The van der Waals surface area contributed by atoms with Crippen LogP contribution in [-0.2, 0) is 16.0 Å². The van der Waals surface area contributed by atoms with Crippen molar-refractivity contribution in [2.45, 2.75) is 6.42 Å². The third kappa shape index (κ3) is 1.53. The maximum atomic E-state index is 12.2. The third-order valence-electron chi connectivity index (χ3n) is 4.31. The van der Waals surface area contributed by atoms with E-state index < -0.39 is 0 Å². The average Bonchev–Trinajstić information content (AvgIpc) is 2.62. The van der Waals surface area contributed by atoms with Gasteiger partial charge in [0.05, 0.1) is 5.92 Å². The summed E-state index contributed by atoms with van der Waals surface area (Å²) < 4.78 is 0. The van der Waals surface area contributed by atoms with Gasteiger partial charge in [0.25, 0.3) is 5.91 Å². The molecule has 0 aromatic heterocycles. The van der Waals surface area contributed by atoms with Crippen LogP contribution >= 0.6 is 0 Å². The lowest BCUT2D eigenvalue weighted by molar-refractivity contribution is -0.134. The number of hydrogen-bond acceptors (Lipinski definition) is 2. The molecule has 0 saturated carbocycles. The standard InChI is InChI=1S/C17H13NO2/c19-16-13-7-3-6-12-8-10-4-1-2-5-11(10)9-14(15(12)13)17(20)18-16/h1-8,14-15H,9H2,(H,18,19,20). The Bertz CT molecular complexity index is 724. The van der Waals surface area contributed by atoms with Crippen molar-refractivity contribution in [2.75, 3.05) is 0 Å². The van der Waals surface area contributed by atoms with Gasteiger partial charge in [-0.2, -0.15) is 0 Å². The van der Waals surface area contributed by atoms with Gasteiger partial charge in [-0.25, -0.2) is 0 Å². The molecule has 1 aromatic rings. The molecule has 1 fully saturated rings. The highest BCUT2D eigenvalue weighted by Gasteiger charge is 2.42. The molecule has 98 valence electrons. The minimum atomic E-state index is -0.252. The topological polar surface area (TPSA) is 46.2 Å². The lowest BCUT2D eigenvalue weighted by Gasteiger charge is -2.33. The van der Waals surface area contributed by atoms with Gasteiger partial charge < -0.3 is 0 Å². The van der Waals surface area contributed by atoms with Crippen LogP contribution in [0.3, 0.4) is 0 Å². The first-order valence-electron chi connectivity index (χ1n) is 6.77. The minimum Gasteiger partial charge on any atom is -0.292 e. The van der Waals surface area contributed by atoms with Gasteiger partial charge in [-0.05, 0) is 23.1 Å². The Hall–Kier alpha value is -2.42. The Morgan fingerprint density at radius 3 is 2.90 bits per heavy atom. The predicted molar refractivity (Wildman–Crippen MR) is 75.5 cm³/mol. The van der Waals surface area contributed by atoms with Crippen LogP contribution in [0.1, 0.15) is 11.1 Å². The van der Waals surface area contributed by atoms with Crippen LogP contribution in [0.4, 0.5) is 0 Å². The van der Waals surface area contributed by atoms with Crippen molar-refractivity contribution in [3.63, 3.8) is 0 Å². The Labute approximate surface area is 116 Å². The number of nitrogens with one attached hydrogen (secondary N) is 1. The van der Waals surface area contributed by atoms with Gasteiger partial charge in [0.1, 0.15) is 0 Å². The lowest BCUT2D eigenvalue weighted by atomic mass is 9.73. The zero-order valence-electron chi connectivity index (χ0n) is 10.8. The van der Waals surface area contributed by atoms with E-state index >= 15 is 0 Å². The van der Waals surface area contributed by atoms with Crippen LogP contribution in [0.2, 0.25) is 0 Å². The van der Waals surface area contributed by atoms with Crippen molar-refractivity contribution >= 4 is 17.9 Å². The van der Waals surface area contributed by atoms with Crippen molar-refractivity contribution in [3.8, 4) is 0 Å². The molecular weight excluding hydrogens is 250 g/mol. The Morgan fingerprint density at radius 2 is 2.00 bits per heavy atom. The molecule has 0 radical (unpaired) electrons. The normalized spacial score (nSPS) is 26.8. The Balaban J connectivity index is 1.93. The number of benzene rings is 1. The fraction of sp³-hybridized carbons (Fsp3) is 0.176. The Morgan fingerprint density at radius 1 is 1.15 bits per heavy atom. The van der Waals surface area contributed by atoms with E-state index in [9.17, 15) is 9.59 Å². The molecule has 3 nitrogen and oxygen atoms in total. The van der Waals surface area contributed by atoms with Crippen LogP contribution in [0.25, 0.3) is 6.08 Å². The highest BCUT2D eigenvalue weighted by atomic mass is 16.2. The van der Waals surface area contributed by atoms with Crippen molar-refractivity contribution in [1.29, 1.82) is 0 Å². The van der Waals surface area contributed by atoms with Crippen LogP contribution in [0, 0.1) is 11.8 Å². The Kier molecular flexibility index (Phi) is 2.30. The van der Waals surface area contributed by atoms with Crippen LogP contribution < -0.4 is 5.32 Å². The number of imide groups is 1. The maximum absolute atomic E-state index is 12.2. The first-order chi connectivity index (χ1) is 9.74. The second-order valence-corrected chi connectivity index (χ2v) is 5.43. The van der Waals surface area contributed by atoms with Gasteiger partial charge in [0, 0.05) is 11.5 Å². The fourth-order valence-corrected chi connectivity index (χ4v) is 3.37. The summed E-state index contributed by atoms with van der Waals surface area (Å²) in [6.07, 6.45) is 8.50. The number of carbonyl (C=O) groups is 2. The molecular formula is C17H13NO2. The molecule has 2 aliphatic carbocycles. The van der Waals surface area contributed by atoms with E-state index in [0.29, 0.717) is 12.0 Å². The predicted octanol–water partition coefficient (Wildman–Crippen LogP) is 2.01. The van der Waals surface area contributed by atoms with E-state index in [4.69, 9.17) is 0 Å². The number of amides is 2. The molecule has 2 unspecified atom stereocenters. The molecule has 20 heavy (non-hydrogen) atoms. The quantitative estimate of drug-likeness (QED) is 0.728. The lowest BCUT2D eigenvalue weighted by Crippen LogP contribution is -2.48. The number of allylic oxidation sites excluding steroid dienone is 4. The second-order valence-electron chi connectivity index (χ2n) is 5.43. The number of rotatable bonds is 0. The molecule has 2 amide bonds. The van der Waals surface area contributed by atoms with Crippen molar-refractivity contribution in [2.24, 2.45) is 11.8 Å². The van der Waals surface area contributed by atoms with Crippen molar-refractivity contribution in [3.05, 3.63) is 64.8 Å². The first kappa shape index (κ1) is 11.4. The largest absolute Gasteiger partial charge is 0.292 e. The highest BCUT2D eigenvalue weighted by molar-refractivity contribution is 6.10. The van der Waals surface area contributed by atoms with E-state index in [2.05, 4.69) is 23.5 Å². The molecule has 4 rings (SSSR count). The van der Waals surface area contributed by atoms with Gasteiger partial charge >= 0.3 is 0 Å². The summed E-state index contributed by atoms with van der Waals surface area (Å²) in [5.74, 6) is -0.708. The monoisotopic (exact) mass is 263 g/mol. The van der Waals surface area contributed by atoms with E-state index in [-0.39, 0.29) is 23.7 Å². The maximum Gasteiger partial charge on any atom is 0.254 e. The van der Waals surface area contributed by atoms with E-state index in [1.807, 2.05) is 30.4 Å². The van der Waals surface area contributed by atoms with Gasteiger partial charge in [-0.3, -0.25) is 14.9 Å². The summed E-state index contributed by atoms with van der Waals surface area (Å²) in [7, 11) is 0. The van der Waals surface area contributed by atoms with Crippen LogP contribution in [0.5, 0.6) is 0 Å². The molecule has 3 heteroatoms. The SMILES string of the molecule is O=C1NC(=O)C2Cc3ccccc3C=C3C=CC=C1C32. The van der Waals surface area contributed by atoms with E-state index in [1.165, 1.54) is 0 Å². The smallest absolute Gasteiger partial charge is 0.254 e. The molecule has 1 aromatic carbocycles. The zero-order valence-corrected chi connectivity index (χ0v) is 10.8. The summed E-state index contributed by atoms with van der Waals surface area (Å²) in [5.41, 5.74) is 4.07. The van der Waals surface area contributed by atoms with Gasteiger partial charge in [0.2, 0.25) is 5.91 Å². The van der Waals surface area contributed by atoms with E-state index in [1.54, 1.807) is 0 Å². The van der Waals surface area contributed by atoms with Gasteiger partial charge in [-0.1, -0.05) is 48.6 Å². The van der Waals surface area contributed by atoms with Crippen molar-refractivity contribution < 1.29 is 9.59 Å². The highest BCUT2D eigenvalue weighted by Crippen LogP contribution is 2.40. The zero-order chi connectivity index (χ0) is 13.7. The van der Waals surface area contributed by atoms with Crippen LogP contribution in [-0.4, -0.2) is 11.8 Å². The van der Waals surface area contributed by atoms with Crippen LogP contribution in [0.15, 0.2) is 53.6 Å². The van der Waals surface area contributed by atoms with Gasteiger partial charge in [0.15, 0.2) is 0 Å². The van der Waals surface area contributed by atoms with Gasteiger partial charge in [-0.15, -0.1) is 0 Å². The molecule has 1 heterocycles. The molecule has 1 N–H and O–H groups in total. The summed E-state index contributed by atoms with van der Waals surface area (Å²) in [5, 5.41) is 2.49. The molecule has 0 bridgehead atoms. The molecule has 2 atom stereocenters. The summed E-state index contributed by atoms with van der Waals surface area (Å²) >= 11 is 0. The fourth-order valence-electron chi connectivity index (χ4n) is 3.37.